The third kappa shape index (κ3) is 2.89. The van der Waals surface area contributed by atoms with Gasteiger partial charge in [0, 0.05) is 31.2 Å². The van der Waals surface area contributed by atoms with Crippen molar-refractivity contribution in [2.24, 2.45) is 0 Å². The van der Waals surface area contributed by atoms with E-state index in [0.29, 0.717) is 11.8 Å². The summed E-state index contributed by atoms with van der Waals surface area (Å²) < 4.78 is 23.9. The molecule has 18 heavy (non-hydrogen) atoms. The summed E-state index contributed by atoms with van der Waals surface area (Å²) in [6, 6.07) is 0.431. The van der Waals surface area contributed by atoms with Gasteiger partial charge in [-0.3, -0.25) is 4.90 Å². The largest absolute Gasteiger partial charge is 0.309 e. The summed E-state index contributed by atoms with van der Waals surface area (Å²) in [7, 11) is -2.82. The van der Waals surface area contributed by atoms with E-state index in [1.807, 2.05) is 0 Å². The van der Waals surface area contributed by atoms with E-state index >= 15 is 0 Å². The molecule has 2 rings (SSSR count). The van der Waals surface area contributed by atoms with Crippen molar-refractivity contribution in [3.05, 3.63) is 0 Å². The SMILES string of the molecule is CCC1(C)CN(CC2CCCS2(=O)=O)C(C)CN1. The lowest BCUT2D eigenvalue weighted by Crippen LogP contribution is -2.63. The lowest BCUT2D eigenvalue weighted by Gasteiger charge is -2.45. The van der Waals surface area contributed by atoms with Gasteiger partial charge >= 0.3 is 0 Å². The van der Waals surface area contributed by atoms with Gasteiger partial charge in [0.05, 0.1) is 11.0 Å². The molecule has 5 heteroatoms. The number of piperazine rings is 1. The topological polar surface area (TPSA) is 49.4 Å². The van der Waals surface area contributed by atoms with Crippen LogP contribution in [0.4, 0.5) is 0 Å². The summed E-state index contributed by atoms with van der Waals surface area (Å²) in [5.74, 6) is 0.392. The average molecular weight is 274 g/mol. The molecule has 0 saturated carbocycles. The molecule has 3 unspecified atom stereocenters. The molecule has 4 nitrogen and oxygen atoms in total. The van der Waals surface area contributed by atoms with Crippen LogP contribution >= 0.6 is 0 Å². The molecule has 0 aliphatic carbocycles. The lowest BCUT2D eigenvalue weighted by atomic mass is 9.93. The zero-order valence-corrected chi connectivity index (χ0v) is 12.6. The van der Waals surface area contributed by atoms with E-state index in [1.54, 1.807) is 0 Å². The van der Waals surface area contributed by atoms with Crippen molar-refractivity contribution < 1.29 is 8.42 Å². The second kappa shape index (κ2) is 5.10. The standard InChI is InChI=1S/C13H26N2O2S/c1-4-13(3)10-15(11(2)8-14-13)9-12-6-5-7-18(12,16)17/h11-12,14H,4-10H2,1-3H3. The first-order chi connectivity index (χ1) is 8.36. The first-order valence-electron chi connectivity index (χ1n) is 7.07. The van der Waals surface area contributed by atoms with Gasteiger partial charge in [-0.05, 0) is 33.1 Å². The first kappa shape index (κ1) is 14.3. The first-order valence-corrected chi connectivity index (χ1v) is 8.78. The third-order valence-electron chi connectivity index (χ3n) is 4.68. The Morgan fingerprint density at radius 3 is 2.72 bits per heavy atom. The molecule has 0 aromatic carbocycles. The molecule has 0 bridgehead atoms. The average Bonchev–Trinajstić information content (AvgIpc) is 2.64. The highest BCUT2D eigenvalue weighted by atomic mass is 32.2. The number of nitrogens with one attached hydrogen (secondary N) is 1. The summed E-state index contributed by atoms with van der Waals surface area (Å²) >= 11 is 0. The van der Waals surface area contributed by atoms with Gasteiger partial charge in [0.2, 0.25) is 0 Å². The zero-order chi connectivity index (χ0) is 13.4. The van der Waals surface area contributed by atoms with E-state index in [0.717, 1.165) is 38.9 Å². The molecule has 3 atom stereocenters. The normalized spacial score (nSPS) is 41.1. The molecule has 0 spiro atoms. The number of hydrogen-bond donors (Lipinski definition) is 1. The molecule has 1 N–H and O–H groups in total. The smallest absolute Gasteiger partial charge is 0.154 e. The van der Waals surface area contributed by atoms with Crippen LogP contribution in [0, 0.1) is 0 Å². The van der Waals surface area contributed by atoms with E-state index < -0.39 is 9.84 Å². The number of rotatable bonds is 3. The lowest BCUT2D eigenvalue weighted by molar-refractivity contribution is 0.0929. The van der Waals surface area contributed by atoms with E-state index in [1.165, 1.54) is 0 Å². The van der Waals surface area contributed by atoms with Crippen molar-refractivity contribution >= 4 is 9.84 Å². The summed E-state index contributed by atoms with van der Waals surface area (Å²) in [6.07, 6.45) is 2.77. The highest BCUT2D eigenvalue weighted by Gasteiger charge is 2.38. The minimum absolute atomic E-state index is 0.126. The van der Waals surface area contributed by atoms with E-state index in [2.05, 4.69) is 31.0 Å². The van der Waals surface area contributed by atoms with Crippen LogP contribution in [0.2, 0.25) is 0 Å². The van der Waals surface area contributed by atoms with E-state index in [9.17, 15) is 8.42 Å². The summed E-state index contributed by atoms with van der Waals surface area (Å²) in [6.45, 7) is 9.24. The molecule has 0 radical (unpaired) electrons. The van der Waals surface area contributed by atoms with Gasteiger partial charge in [-0.15, -0.1) is 0 Å². The molecule has 0 aromatic rings. The van der Waals surface area contributed by atoms with Crippen molar-refractivity contribution in [2.75, 3.05) is 25.4 Å². The molecular formula is C13H26N2O2S. The van der Waals surface area contributed by atoms with Crippen molar-refractivity contribution in [1.82, 2.24) is 10.2 Å². The quantitative estimate of drug-likeness (QED) is 0.835. The van der Waals surface area contributed by atoms with Crippen LogP contribution in [0.1, 0.15) is 40.0 Å². The molecule has 2 aliphatic heterocycles. The van der Waals surface area contributed by atoms with Gasteiger partial charge in [-0.1, -0.05) is 6.92 Å². The predicted octanol–water partition coefficient (Wildman–Crippen LogP) is 1.03. The van der Waals surface area contributed by atoms with Gasteiger partial charge in [0.25, 0.3) is 0 Å². The van der Waals surface area contributed by atoms with Gasteiger partial charge < -0.3 is 5.32 Å². The van der Waals surface area contributed by atoms with Crippen LogP contribution in [0.25, 0.3) is 0 Å². The van der Waals surface area contributed by atoms with Gasteiger partial charge in [0.15, 0.2) is 9.84 Å². The Morgan fingerprint density at radius 1 is 1.44 bits per heavy atom. The predicted molar refractivity (Wildman–Crippen MR) is 74.5 cm³/mol. The summed E-state index contributed by atoms with van der Waals surface area (Å²) in [4.78, 5) is 2.37. The Bertz CT molecular complexity index is 396. The second-order valence-electron chi connectivity index (χ2n) is 6.20. The maximum absolute atomic E-state index is 11.9. The fourth-order valence-corrected chi connectivity index (χ4v) is 4.84. The molecule has 0 amide bonds. The fourth-order valence-electron chi connectivity index (χ4n) is 2.99. The molecule has 2 heterocycles. The van der Waals surface area contributed by atoms with Crippen LogP contribution < -0.4 is 5.32 Å². The molecule has 2 saturated heterocycles. The van der Waals surface area contributed by atoms with Crippen molar-refractivity contribution in [3.8, 4) is 0 Å². The van der Waals surface area contributed by atoms with Crippen LogP contribution in [0.3, 0.4) is 0 Å². The Kier molecular flexibility index (Phi) is 4.04. The number of hydrogen-bond acceptors (Lipinski definition) is 4. The van der Waals surface area contributed by atoms with Gasteiger partial charge in [0.1, 0.15) is 0 Å². The van der Waals surface area contributed by atoms with E-state index in [-0.39, 0.29) is 10.8 Å². The van der Waals surface area contributed by atoms with Gasteiger partial charge in [-0.25, -0.2) is 8.42 Å². The van der Waals surface area contributed by atoms with Crippen LogP contribution in [-0.2, 0) is 9.84 Å². The van der Waals surface area contributed by atoms with Crippen LogP contribution in [0.15, 0.2) is 0 Å². The summed E-state index contributed by atoms with van der Waals surface area (Å²) in [5.41, 5.74) is 0.134. The zero-order valence-electron chi connectivity index (χ0n) is 11.8. The second-order valence-corrected chi connectivity index (χ2v) is 8.61. The van der Waals surface area contributed by atoms with E-state index in [4.69, 9.17) is 0 Å². The Morgan fingerprint density at radius 2 is 2.17 bits per heavy atom. The Hall–Kier alpha value is -0.130. The Balaban J connectivity index is 2.03. The number of nitrogens with zero attached hydrogens (tertiary/aromatic N) is 1. The maximum atomic E-state index is 11.9. The molecule has 2 fully saturated rings. The van der Waals surface area contributed by atoms with Crippen molar-refractivity contribution in [1.29, 1.82) is 0 Å². The highest BCUT2D eigenvalue weighted by Crippen LogP contribution is 2.25. The summed E-state index contributed by atoms with van der Waals surface area (Å²) in [5, 5.41) is 3.45. The van der Waals surface area contributed by atoms with Crippen LogP contribution in [-0.4, -0.2) is 55.5 Å². The number of sulfone groups is 1. The minimum atomic E-state index is -2.82. The fraction of sp³-hybridized carbons (Fsp3) is 1.00. The monoisotopic (exact) mass is 274 g/mol. The van der Waals surface area contributed by atoms with Crippen molar-refractivity contribution in [3.63, 3.8) is 0 Å². The third-order valence-corrected chi connectivity index (χ3v) is 6.94. The van der Waals surface area contributed by atoms with Crippen LogP contribution in [0.5, 0.6) is 0 Å². The molecule has 2 aliphatic rings. The minimum Gasteiger partial charge on any atom is -0.309 e. The highest BCUT2D eigenvalue weighted by molar-refractivity contribution is 7.92. The Labute approximate surface area is 111 Å². The molecular weight excluding hydrogens is 248 g/mol. The maximum Gasteiger partial charge on any atom is 0.154 e. The van der Waals surface area contributed by atoms with Gasteiger partial charge in [-0.2, -0.15) is 0 Å². The molecule has 0 aromatic heterocycles. The molecule has 106 valence electrons. The van der Waals surface area contributed by atoms with Crippen molar-refractivity contribution in [2.45, 2.75) is 56.9 Å².